The Kier molecular flexibility index (Phi) is 4.74. The Balaban J connectivity index is 1.42. The van der Waals surface area contributed by atoms with E-state index in [0.29, 0.717) is 11.4 Å². The first-order chi connectivity index (χ1) is 13.7. The van der Waals surface area contributed by atoms with Crippen LogP contribution in [0.15, 0.2) is 69.9 Å². The predicted octanol–water partition coefficient (Wildman–Crippen LogP) is 1.22. The summed E-state index contributed by atoms with van der Waals surface area (Å²) in [6.45, 7) is -0.541. The Morgan fingerprint density at radius 3 is 2.50 bits per heavy atom. The quantitative estimate of drug-likeness (QED) is 0.460. The molecule has 2 heterocycles. The van der Waals surface area contributed by atoms with Crippen LogP contribution in [-0.4, -0.2) is 36.0 Å². The fourth-order valence-electron chi connectivity index (χ4n) is 2.48. The van der Waals surface area contributed by atoms with E-state index in [2.05, 4.69) is 20.6 Å². The van der Waals surface area contributed by atoms with Gasteiger partial charge in [-0.2, -0.15) is 9.36 Å². The van der Waals surface area contributed by atoms with Crippen molar-refractivity contribution in [3.05, 3.63) is 77.0 Å². The third-order valence-corrected chi connectivity index (χ3v) is 3.80. The maximum atomic E-state index is 12.1. The molecule has 0 aliphatic rings. The Bertz CT molecular complexity index is 1130. The molecule has 2 aromatic heterocycles. The first-order valence-electron chi connectivity index (χ1n) is 8.32. The number of ether oxygens (including phenoxy) is 1. The molecule has 0 fully saturated rings. The Morgan fingerprint density at radius 1 is 1.04 bits per heavy atom. The smallest absolute Gasteiger partial charge is 0.437 e. The van der Waals surface area contributed by atoms with Gasteiger partial charge in [-0.1, -0.05) is 36.4 Å². The summed E-state index contributed by atoms with van der Waals surface area (Å²) in [6.07, 6.45) is 0. The molecule has 10 heteroatoms. The average Bonchev–Trinajstić information content (AvgIpc) is 3.35. The van der Waals surface area contributed by atoms with Crippen LogP contribution < -0.4 is 5.76 Å². The Morgan fingerprint density at radius 2 is 1.75 bits per heavy atom. The molecule has 0 aliphatic carbocycles. The number of rotatable bonds is 6. The van der Waals surface area contributed by atoms with Crippen LogP contribution in [0, 0.1) is 0 Å². The summed E-state index contributed by atoms with van der Waals surface area (Å²) in [6, 6.07) is 18.1. The molecule has 0 aliphatic heterocycles. The lowest BCUT2D eigenvalue weighted by Gasteiger charge is -2.05. The van der Waals surface area contributed by atoms with E-state index in [4.69, 9.17) is 9.15 Å². The van der Waals surface area contributed by atoms with Gasteiger partial charge in [-0.15, -0.1) is 10.2 Å². The lowest BCUT2D eigenvalue weighted by atomic mass is 10.2. The van der Waals surface area contributed by atoms with Gasteiger partial charge in [0.05, 0.1) is 5.69 Å². The fraction of sp³-hybridized carbons (Fsp3) is 0.111. The number of benzene rings is 2. The minimum atomic E-state index is -0.745. The molecular formula is C18H14N6O4. The fourth-order valence-corrected chi connectivity index (χ4v) is 2.48. The minimum absolute atomic E-state index is 0.131. The van der Waals surface area contributed by atoms with Crippen LogP contribution in [0.3, 0.4) is 0 Å². The number of esters is 1. The standard InChI is InChI=1S/C18H14N6O4/c25-16(11-23-18(26)28-17(20-23)13-7-3-1-4-8-13)27-12-15-19-21-22-24(15)14-9-5-2-6-10-14/h1-10H,11-12H2. The first kappa shape index (κ1) is 17.3. The highest BCUT2D eigenvalue weighted by Gasteiger charge is 2.16. The number of hydrogen-bond donors (Lipinski definition) is 0. The zero-order valence-electron chi connectivity index (χ0n) is 14.5. The maximum absolute atomic E-state index is 12.1. The predicted molar refractivity (Wildman–Crippen MR) is 95.1 cm³/mol. The van der Waals surface area contributed by atoms with Crippen LogP contribution in [-0.2, 0) is 22.7 Å². The summed E-state index contributed by atoms with van der Waals surface area (Å²) < 4.78 is 12.6. The van der Waals surface area contributed by atoms with Crippen LogP contribution in [0.2, 0.25) is 0 Å². The summed E-state index contributed by atoms with van der Waals surface area (Å²) in [5, 5.41) is 15.4. The lowest BCUT2D eigenvalue weighted by Crippen LogP contribution is -2.23. The lowest BCUT2D eigenvalue weighted by molar-refractivity contribution is -0.146. The molecule has 2 aromatic carbocycles. The van der Waals surface area contributed by atoms with Crippen LogP contribution >= 0.6 is 0 Å². The van der Waals surface area contributed by atoms with Crippen molar-refractivity contribution in [2.24, 2.45) is 0 Å². The Labute approximate surface area is 158 Å². The van der Waals surface area contributed by atoms with E-state index in [1.165, 1.54) is 4.68 Å². The van der Waals surface area contributed by atoms with E-state index in [0.717, 1.165) is 10.4 Å². The van der Waals surface area contributed by atoms with Crippen molar-refractivity contribution >= 4 is 5.97 Å². The highest BCUT2D eigenvalue weighted by atomic mass is 16.5. The van der Waals surface area contributed by atoms with Crippen LogP contribution in [0.25, 0.3) is 17.1 Å². The topological polar surface area (TPSA) is 118 Å². The van der Waals surface area contributed by atoms with E-state index < -0.39 is 11.7 Å². The molecule has 0 radical (unpaired) electrons. The molecule has 0 atom stereocenters. The highest BCUT2D eigenvalue weighted by Crippen LogP contribution is 2.14. The molecule has 4 aromatic rings. The molecule has 28 heavy (non-hydrogen) atoms. The third kappa shape index (κ3) is 3.70. The number of hydrogen-bond acceptors (Lipinski definition) is 8. The zero-order chi connectivity index (χ0) is 19.3. The first-order valence-corrected chi connectivity index (χ1v) is 8.32. The van der Waals surface area contributed by atoms with Gasteiger partial charge in [-0.05, 0) is 34.7 Å². The number of carbonyl (C=O) groups excluding carboxylic acids is 1. The van der Waals surface area contributed by atoms with Crippen molar-refractivity contribution in [1.29, 1.82) is 0 Å². The van der Waals surface area contributed by atoms with Crippen molar-refractivity contribution in [2.75, 3.05) is 0 Å². The monoisotopic (exact) mass is 378 g/mol. The highest BCUT2D eigenvalue weighted by molar-refractivity contribution is 5.69. The molecule has 10 nitrogen and oxygen atoms in total. The van der Waals surface area contributed by atoms with Gasteiger partial charge in [-0.25, -0.2) is 4.79 Å². The average molecular weight is 378 g/mol. The molecular weight excluding hydrogens is 364 g/mol. The van der Waals surface area contributed by atoms with Gasteiger partial charge in [0, 0.05) is 5.56 Å². The van der Waals surface area contributed by atoms with E-state index >= 15 is 0 Å². The van der Waals surface area contributed by atoms with Crippen molar-refractivity contribution in [2.45, 2.75) is 13.2 Å². The van der Waals surface area contributed by atoms with E-state index in [9.17, 15) is 9.59 Å². The van der Waals surface area contributed by atoms with Gasteiger partial charge in [0.2, 0.25) is 5.89 Å². The molecule has 0 saturated heterocycles. The van der Waals surface area contributed by atoms with E-state index in [-0.39, 0.29) is 19.0 Å². The number of tetrazole rings is 1. The Hall–Kier alpha value is -4.08. The van der Waals surface area contributed by atoms with Crippen molar-refractivity contribution in [1.82, 2.24) is 30.0 Å². The van der Waals surface area contributed by atoms with Crippen molar-refractivity contribution in [3.8, 4) is 17.1 Å². The van der Waals surface area contributed by atoms with Crippen LogP contribution in [0.5, 0.6) is 0 Å². The largest absolute Gasteiger partial charge is 0.456 e. The summed E-state index contributed by atoms with van der Waals surface area (Å²) in [7, 11) is 0. The maximum Gasteiger partial charge on any atom is 0.437 e. The molecule has 0 bridgehead atoms. The second kappa shape index (κ2) is 7.66. The molecule has 4 rings (SSSR count). The van der Waals surface area contributed by atoms with Gasteiger partial charge in [0.15, 0.2) is 12.4 Å². The van der Waals surface area contributed by atoms with Gasteiger partial charge in [-0.3, -0.25) is 4.79 Å². The molecule has 0 amide bonds. The van der Waals surface area contributed by atoms with Gasteiger partial charge >= 0.3 is 11.7 Å². The molecule has 0 N–H and O–H groups in total. The summed E-state index contributed by atoms with van der Waals surface area (Å²) in [5.74, 6) is -0.939. The summed E-state index contributed by atoms with van der Waals surface area (Å²) >= 11 is 0. The number of aromatic nitrogens is 6. The van der Waals surface area contributed by atoms with E-state index in [1.54, 1.807) is 24.3 Å². The SMILES string of the molecule is O=C(Cn1nc(-c2ccccc2)oc1=O)OCc1nnnn1-c1ccccc1. The summed E-state index contributed by atoms with van der Waals surface area (Å²) in [4.78, 5) is 24.0. The molecule has 0 spiro atoms. The van der Waals surface area contributed by atoms with E-state index in [1.807, 2.05) is 36.4 Å². The van der Waals surface area contributed by atoms with Crippen molar-refractivity contribution in [3.63, 3.8) is 0 Å². The zero-order valence-corrected chi connectivity index (χ0v) is 14.5. The third-order valence-electron chi connectivity index (χ3n) is 3.80. The van der Waals surface area contributed by atoms with Crippen LogP contribution in [0.1, 0.15) is 5.82 Å². The van der Waals surface area contributed by atoms with Crippen molar-refractivity contribution < 1.29 is 13.9 Å². The number of para-hydroxylation sites is 1. The van der Waals surface area contributed by atoms with Gasteiger partial charge < -0.3 is 9.15 Å². The molecule has 140 valence electrons. The number of nitrogens with zero attached hydrogens (tertiary/aromatic N) is 6. The normalized spacial score (nSPS) is 10.7. The number of carbonyl (C=O) groups is 1. The van der Waals surface area contributed by atoms with Crippen LogP contribution in [0.4, 0.5) is 0 Å². The molecule has 0 saturated carbocycles. The second-order valence-electron chi connectivity index (χ2n) is 5.70. The molecule has 0 unspecified atom stereocenters. The second-order valence-corrected chi connectivity index (χ2v) is 5.70. The van der Waals surface area contributed by atoms with Gasteiger partial charge in [0.25, 0.3) is 0 Å². The minimum Gasteiger partial charge on any atom is -0.456 e. The summed E-state index contributed by atoms with van der Waals surface area (Å²) in [5.41, 5.74) is 1.37. The van der Waals surface area contributed by atoms with Gasteiger partial charge in [0.1, 0.15) is 6.54 Å².